The summed E-state index contributed by atoms with van der Waals surface area (Å²) in [4.78, 5) is 0. The molecule has 1 aromatic rings. The summed E-state index contributed by atoms with van der Waals surface area (Å²) >= 11 is 0. The second kappa shape index (κ2) is 13.9. The zero-order valence-corrected chi connectivity index (χ0v) is 17.9. The van der Waals surface area contributed by atoms with Crippen LogP contribution in [0.1, 0.15) is 114 Å². The SMILES string of the molecule is CCCCCCCCCCC[C@H]1CC[C@H](c2ccc(CC=C(F)F)cc2)CC1. The van der Waals surface area contributed by atoms with Crippen molar-refractivity contribution in [3.63, 3.8) is 0 Å². The highest BCUT2D eigenvalue weighted by atomic mass is 19.3. The van der Waals surface area contributed by atoms with Gasteiger partial charge in [-0.1, -0.05) is 95.4 Å². The van der Waals surface area contributed by atoms with Crippen LogP contribution in [0.15, 0.2) is 36.4 Å². The van der Waals surface area contributed by atoms with Crippen LogP contribution in [0.2, 0.25) is 0 Å². The van der Waals surface area contributed by atoms with Crippen molar-refractivity contribution in [3.8, 4) is 0 Å². The van der Waals surface area contributed by atoms with Crippen LogP contribution in [0.4, 0.5) is 8.78 Å². The predicted octanol–water partition coefficient (Wildman–Crippen LogP) is 9.20. The lowest BCUT2D eigenvalue weighted by atomic mass is 9.77. The van der Waals surface area contributed by atoms with Gasteiger partial charge >= 0.3 is 0 Å². The normalized spacial score (nSPS) is 19.5. The number of halogens is 2. The van der Waals surface area contributed by atoms with E-state index in [0.29, 0.717) is 12.3 Å². The number of benzene rings is 1. The maximum atomic E-state index is 12.2. The quantitative estimate of drug-likeness (QED) is 0.294. The molecular weight excluding hydrogens is 350 g/mol. The maximum absolute atomic E-state index is 12.2. The van der Waals surface area contributed by atoms with Gasteiger partial charge < -0.3 is 0 Å². The molecule has 28 heavy (non-hydrogen) atoms. The van der Waals surface area contributed by atoms with Crippen LogP contribution in [0, 0.1) is 5.92 Å². The second-order valence-electron chi connectivity index (χ2n) is 8.77. The Morgan fingerprint density at radius 2 is 1.39 bits per heavy atom. The Labute approximate surface area is 171 Å². The van der Waals surface area contributed by atoms with Gasteiger partial charge in [0.1, 0.15) is 0 Å². The van der Waals surface area contributed by atoms with Gasteiger partial charge in [0, 0.05) is 0 Å². The number of hydrogen-bond donors (Lipinski definition) is 0. The number of allylic oxidation sites excluding steroid dienone is 1. The third-order valence-corrected chi connectivity index (χ3v) is 6.51. The summed E-state index contributed by atoms with van der Waals surface area (Å²) in [5, 5.41) is 0. The fourth-order valence-electron chi connectivity index (χ4n) is 4.65. The van der Waals surface area contributed by atoms with Crippen molar-refractivity contribution in [2.75, 3.05) is 0 Å². The van der Waals surface area contributed by atoms with Crippen molar-refractivity contribution in [1.29, 1.82) is 0 Å². The minimum atomic E-state index is -1.59. The van der Waals surface area contributed by atoms with E-state index in [1.165, 1.54) is 95.5 Å². The first-order chi connectivity index (χ1) is 13.7. The van der Waals surface area contributed by atoms with E-state index < -0.39 is 6.08 Å². The largest absolute Gasteiger partial charge is 0.266 e. The highest BCUT2D eigenvalue weighted by molar-refractivity contribution is 5.27. The summed E-state index contributed by atoms with van der Waals surface area (Å²) in [6, 6.07) is 8.35. The van der Waals surface area contributed by atoms with Gasteiger partial charge in [0.05, 0.1) is 0 Å². The van der Waals surface area contributed by atoms with E-state index in [1.807, 2.05) is 12.1 Å². The summed E-state index contributed by atoms with van der Waals surface area (Å²) in [7, 11) is 0. The molecule has 0 amide bonds. The zero-order valence-electron chi connectivity index (χ0n) is 17.9. The highest BCUT2D eigenvalue weighted by Crippen LogP contribution is 2.37. The van der Waals surface area contributed by atoms with Gasteiger partial charge in [0.15, 0.2) is 0 Å². The van der Waals surface area contributed by atoms with Gasteiger partial charge in [-0.3, -0.25) is 0 Å². The lowest BCUT2D eigenvalue weighted by Crippen LogP contribution is -2.13. The van der Waals surface area contributed by atoms with Gasteiger partial charge in [-0.2, -0.15) is 8.78 Å². The number of hydrogen-bond acceptors (Lipinski definition) is 0. The van der Waals surface area contributed by atoms with E-state index in [1.54, 1.807) is 0 Å². The fraction of sp³-hybridized carbons (Fsp3) is 0.692. The van der Waals surface area contributed by atoms with Gasteiger partial charge in [-0.15, -0.1) is 0 Å². The first kappa shape index (κ1) is 23.1. The van der Waals surface area contributed by atoms with Crippen molar-refractivity contribution in [2.24, 2.45) is 5.92 Å². The minimum absolute atomic E-state index is 0.327. The first-order valence-corrected chi connectivity index (χ1v) is 11.8. The molecule has 0 bridgehead atoms. The fourth-order valence-corrected chi connectivity index (χ4v) is 4.65. The standard InChI is InChI=1S/C26H40F2/c1-2-3-4-5-6-7-8-9-10-11-22-12-17-24(18-13-22)25-19-14-23(15-20-25)16-21-26(27)28/h14-15,19-22,24H,2-13,16-18H2,1H3/t22-,24-. The Kier molecular flexibility index (Phi) is 11.5. The van der Waals surface area contributed by atoms with Crippen LogP contribution in [0.25, 0.3) is 0 Å². The van der Waals surface area contributed by atoms with Crippen molar-refractivity contribution in [3.05, 3.63) is 47.5 Å². The van der Waals surface area contributed by atoms with E-state index in [9.17, 15) is 8.78 Å². The molecule has 158 valence electrons. The molecule has 2 rings (SSSR count). The molecule has 2 heteroatoms. The molecule has 1 fully saturated rings. The Morgan fingerprint density at radius 1 is 0.821 bits per heavy atom. The molecule has 1 aliphatic carbocycles. The molecule has 0 N–H and O–H groups in total. The van der Waals surface area contributed by atoms with E-state index >= 15 is 0 Å². The van der Waals surface area contributed by atoms with Crippen molar-refractivity contribution < 1.29 is 8.78 Å². The Morgan fingerprint density at radius 3 is 1.96 bits per heavy atom. The van der Waals surface area contributed by atoms with E-state index in [4.69, 9.17) is 0 Å². The summed E-state index contributed by atoms with van der Waals surface area (Å²) < 4.78 is 24.4. The van der Waals surface area contributed by atoms with Gasteiger partial charge in [-0.05, 0) is 61.1 Å². The lowest BCUT2D eigenvalue weighted by molar-refractivity contribution is 0.301. The molecule has 0 atom stereocenters. The molecular formula is C26H40F2. The summed E-state index contributed by atoms with van der Waals surface area (Å²) in [6.07, 6.45) is 19.2. The second-order valence-corrected chi connectivity index (χ2v) is 8.77. The van der Waals surface area contributed by atoms with Gasteiger partial charge in [0.25, 0.3) is 6.08 Å². The molecule has 0 saturated heterocycles. The molecule has 0 spiro atoms. The topological polar surface area (TPSA) is 0 Å². The molecule has 1 saturated carbocycles. The third-order valence-electron chi connectivity index (χ3n) is 6.51. The Hall–Kier alpha value is -1.18. The smallest absolute Gasteiger partial charge is 0.174 e. The predicted molar refractivity (Wildman–Crippen MR) is 117 cm³/mol. The first-order valence-electron chi connectivity index (χ1n) is 11.8. The maximum Gasteiger partial charge on any atom is 0.266 e. The molecule has 0 unspecified atom stereocenters. The molecule has 0 radical (unpaired) electrons. The van der Waals surface area contributed by atoms with Crippen molar-refractivity contribution >= 4 is 0 Å². The van der Waals surface area contributed by atoms with Crippen molar-refractivity contribution in [1.82, 2.24) is 0 Å². The Balaban J connectivity index is 1.55. The van der Waals surface area contributed by atoms with E-state index in [2.05, 4.69) is 19.1 Å². The van der Waals surface area contributed by atoms with Crippen LogP contribution in [0.5, 0.6) is 0 Å². The molecule has 0 heterocycles. The monoisotopic (exact) mass is 390 g/mol. The summed E-state index contributed by atoms with van der Waals surface area (Å²) in [5.41, 5.74) is 2.37. The van der Waals surface area contributed by atoms with Gasteiger partial charge in [0.2, 0.25) is 0 Å². The molecule has 0 aromatic heterocycles. The summed E-state index contributed by atoms with van der Waals surface area (Å²) in [5.74, 6) is 1.60. The highest BCUT2D eigenvalue weighted by Gasteiger charge is 2.21. The zero-order chi connectivity index (χ0) is 20.0. The molecule has 0 nitrogen and oxygen atoms in total. The lowest BCUT2D eigenvalue weighted by Gasteiger charge is -2.29. The average molecular weight is 391 g/mol. The number of unbranched alkanes of at least 4 members (excludes halogenated alkanes) is 8. The van der Waals surface area contributed by atoms with Crippen molar-refractivity contribution in [2.45, 2.75) is 109 Å². The van der Waals surface area contributed by atoms with Crippen LogP contribution in [-0.4, -0.2) is 0 Å². The molecule has 1 aliphatic rings. The minimum Gasteiger partial charge on any atom is -0.174 e. The number of rotatable bonds is 13. The van der Waals surface area contributed by atoms with Crippen LogP contribution in [0.3, 0.4) is 0 Å². The van der Waals surface area contributed by atoms with Gasteiger partial charge in [-0.25, -0.2) is 0 Å². The van der Waals surface area contributed by atoms with Crippen LogP contribution in [-0.2, 0) is 6.42 Å². The third kappa shape index (κ3) is 9.34. The Bertz CT molecular complexity index is 534. The van der Waals surface area contributed by atoms with Crippen LogP contribution >= 0.6 is 0 Å². The van der Waals surface area contributed by atoms with Crippen LogP contribution < -0.4 is 0 Å². The molecule has 1 aromatic carbocycles. The van der Waals surface area contributed by atoms with E-state index in [-0.39, 0.29) is 0 Å². The van der Waals surface area contributed by atoms with E-state index in [0.717, 1.165) is 17.6 Å². The molecule has 0 aliphatic heterocycles. The summed E-state index contributed by atoms with van der Waals surface area (Å²) in [6.45, 7) is 2.28. The average Bonchev–Trinajstić information content (AvgIpc) is 2.72.